The third-order valence-corrected chi connectivity index (χ3v) is 5.53. The predicted octanol–water partition coefficient (Wildman–Crippen LogP) is 3.53. The number of aromatic hydroxyl groups is 1. The van der Waals surface area contributed by atoms with E-state index in [1.165, 1.54) is 25.3 Å². The van der Waals surface area contributed by atoms with E-state index in [1.807, 2.05) is 18.2 Å². The molecule has 2 amide bonds. The van der Waals surface area contributed by atoms with Crippen LogP contribution in [0.1, 0.15) is 46.3 Å². The molecule has 0 fully saturated rings. The van der Waals surface area contributed by atoms with E-state index in [2.05, 4.69) is 0 Å². The summed E-state index contributed by atoms with van der Waals surface area (Å²) >= 11 is 0. The highest BCUT2D eigenvalue weighted by molar-refractivity contribution is 6.09. The SMILES string of the molecule is CN(OC(=O)CCc1ccc(C(=O)c2ccccc2)cc1)C(=O)CCC=O.N#C/C(=C\c1ccc(O)cc1)C(N)=O. The average molecular weight is 556 g/mol. The lowest BCUT2D eigenvalue weighted by atomic mass is 10.0. The van der Waals surface area contributed by atoms with Gasteiger partial charge >= 0.3 is 5.97 Å². The van der Waals surface area contributed by atoms with E-state index >= 15 is 0 Å². The summed E-state index contributed by atoms with van der Waals surface area (Å²) in [6.07, 6.45) is 2.62. The first-order chi connectivity index (χ1) is 19.6. The van der Waals surface area contributed by atoms with Gasteiger partial charge in [-0.05, 0) is 35.8 Å². The second-order valence-corrected chi connectivity index (χ2v) is 8.58. The maximum atomic E-state index is 12.4. The Kier molecular flexibility index (Phi) is 12.7. The highest BCUT2D eigenvalue weighted by Gasteiger charge is 2.14. The van der Waals surface area contributed by atoms with Gasteiger partial charge in [-0.2, -0.15) is 10.3 Å². The molecule has 0 unspecified atom stereocenters. The van der Waals surface area contributed by atoms with Gasteiger partial charge in [-0.1, -0.05) is 66.7 Å². The molecule has 3 aromatic carbocycles. The number of ketones is 1. The van der Waals surface area contributed by atoms with Gasteiger partial charge in [0.2, 0.25) is 0 Å². The van der Waals surface area contributed by atoms with Crippen molar-refractivity contribution in [3.63, 3.8) is 0 Å². The maximum absolute atomic E-state index is 12.4. The second kappa shape index (κ2) is 16.4. The summed E-state index contributed by atoms with van der Waals surface area (Å²) in [7, 11) is 1.34. The number of phenols is 1. The summed E-state index contributed by atoms with van der Waals surface area (Å²) in [6.45, 7) is 0. The quantitative estimate of drug-likeness (QED) is 0.126. The Morgan fingerprint density at radius 3 is 2.10 bits per heavy atom. The number of carbonyl (C=O) groups is 5. The molecule has 41 heavy (non-hydrogen) atoms. The van der Waals surface area contributed by atoms with Crippen molar-refractivity contribution in [1.29, 1.82) is 5.26 Å². The Morgan fingerprint density at radius 2 is 1.54 bits per heavy atom. The van der Waals surface area contributed by atoms with E-state index in [0.717, 1.165) is 10.6 Å². The molecule has 10 nitrogen and oxygen atoms in total. The number of nitrogens with two attached hydrogens (primary N) is 1. The fraction of sp³-hybridized carbons (Fsp3) is 0.161. The van der Waals surface area contributed by atoms with Gasteiger partial charge in [-0.15, -0.1) is 0 Å². The van der Waals surface area contributed by atoms with Crippen molar-refractivity contribution >= 4 is 35.9 Å². The minimum Gasteiger partial charge on any atom is -0.508 e. The van der Waals surface area contributed by atoms with Crippen LogP contribution >= 0.6 is 0 Å². The third kappa shape index (κ3) is 11.0. The van der Waals surface area contributed by atoms with Crippen molar-refractivity contribution < 1.29 is 33.9 Å². The van der Waals surface area contributed by atoms with Crippen LogP contribution in [0.2, 0.25) is 0 Å². The molecule has 0 aliphatic carbocycles. The van der Waals surface area contributed by atoms with E-state index < -0.39 is 17.8 Å². The zero-order valence-electron chi connectivity index (χ0n) is 22.4. The number of rotatable bonds is 10. The van der Waals surface area contributed by atoms with E-state index in [4.69, 9.17) is 20.9 Å². The number of nitrogens with zero attached hydrogens (tertiary/aromatic N) is 2. The largest absolute Gasteiger partial charge is 0.508 e. The van der Waals surface area contributed by atoms with Gasteiger partial charge in [0.15, 0.2) is 5.78 Å². The van der Waals surface area contributed by atoms with Crippen LogP contribution in [0.3, 0.4) is 0 Å². The molecule has 0 spiro atoms. The van der Waals surface area contributed by atoms with Gasteiger partial charge in [0.1, 0.15) is 23.7 Å². The lowest BCUT2D eigenvalue weighted by molar-refractivity contribution is -0.192. The normalized spacial score (nSPS) is 10.3. The number of hydrogen-bond acceptors (Lipinski definition) is 8. The van der Waals surface area contributed by atoms with Gasteiger partial charge in [0.05, 0.1) is 6.42 Å². The molecule has 210 valence electrons. The number of carbonyl (C=O) groups excluding carboxylic acids is 5. The van der Waals surface area contributed by atoms with Crippen molar-refractivity contribution in [2.75, 3.05) is 7.05 Å². The summed E-state index contributed by atoms with van der Waals surface area (Å²) in [4.78, 5) is 61.6. The summed E-state index contributed by atoms with van der Waals surface area (Å²) < 4.78 is 0. The first-order valence-electron chi connectivity index (χ1n) is 12.4. The molecular formula is C31H29N3O7. The first kappa shape index (κ1) is 31.7. The summed E-state index contributed by atoms with van der Waals surface area (Å²) in [6, 6.07) is 23.8. The van der Waals surface area contributed by atoms with Crippen LogP contribution in [-0.4, -0.2) is 47.1 Å². The molecule has 0 aliphatic heterocycles. The predicted molar refractivity (Wildman–Crippen MR) is 150 cm³/mol. The number of aryl methyl sites for hydroxylation is 1. The number of benzene rings is 3. The summed E-state index contributed by atoms with van der Waals surface area (Å²) in [5.74, 6) is -1.67. The smallest absolute Gasteiger partial charge is 0.332 e. The lowest BCUT2D eigenvalue weighted by Crippen LogP contribution is -2.29. The number of hydrogen-bond donors (Lipinski definition) is 2. The molecular weight excluding hydrogens is 526 g/mol. The van der Waals surface area contributed by atoms with E-state index in [1.54, 1.807) is 54.6 Å². The Balaban J connectivity index is 0.000000353. The number of hydroxylamine groups is 2. The summed E-state index contributed by atoms with van der Waals surface area (Å²) in [5, 5.41) is 18.4. The minimum absolute atomic E-state index is 0.00415. The van der Waals surface area contributed by atoms with Gasteiger partial charge in [-0.25, -0.2) is 4.79 Å². The van der Waals surface area contributed by atoms with Crippen molar-refractivity contribution in [3.05, 3.63) is 107 Å². The summed E-state index contributed by atoms with van der Waals surface area (Å²) in [5.41, 5.74) is 7.55. The lowest BCUT2D eigenvalue weighted by Gasteiger charge is -2.15. The second-order valence-electron chi connectivity index (χ2n) is 8.58. The standard InChI is InChI=1S/C21H21NO5.C10H8N2O2/c1-22(19(24)8-5-15-23)27-20(25)14-11-16-9-12-18(13-10-16)21(26)17-6-3-2-4-7-17;11-6-8(10(12)14)5-7-1-3-9(13)4-2-7/h2-4,6-7,9-10,12-13,15H,5,8,11,14H2,1H3;1-5,13H,(H2,12,14)/b;8-5+. The molecule has 0 atom stereocenters. The number of nitriles is 1. The van der Waals surface area contributed by atoms with E-state index in [9.17, 15) is 24.0 Å². The fourth-order valence-electron chi connectivity index (χ4n) is 3.31. The first-order valence-corrected chi connectivity index (χ1v) is 12.4. The third-order valence-electron chi connectivity index (χ3n) is 5.53. The molecule has 0 aliphatic rings. The van der Waals surface area contributed by atoms with Gasteiger partial charge < -0.3 is 20.5 Å². The van der Waals surface area contributed by atoms with Gasteiger partial charge in [0.25, 0.3) is 11.8 Å². The molecule has 3 N–H and O–H groups in total. The highest BCUT2D eigenvalue weighted by atomic mass is 16.7. The van der Waals surface area contributed by atoms with Crippen LogP contribution in [-0.2, 0) is 30.4 Å². The van der Waals surface area contributed by atoms with Crippen molar-refractivity contribution in [1.82, 2.24) is 5.06 Å². The fourth-order valence-corrected chi connectivity index (χ4v) is 3.31. The molecule has 10 heteroatoms. The number of primary amides is 1. The molecule has 0 saturated heterocycles. The van der Waals surface area contributed by atoms with E-state index in [-0.39, 0.29) is 36.4 Å². The minimum atomic E-state index is -0.763. The van der Waals surface area contributed by atoms with Crippen LogP contribution in [0.4, 0.5) is 0 Å². The molecule has 0 radical (unpaired) electrons. The number of phenolic OH excluding ortho intramolecular Hbond substituents is 1. The Labute approximate surface area is 237 Å². The molecule has 0 bridgehead atoms. The van der Waals surface area contributed by atoms with Crippen LogP contribution < -0.4 is 5.73 Å². The molecule has 0 heterocycles. The Hall–Kier alpha value is -5.56. The molecule has 3 aromatic rings. The zero-order valence-corrected chi connectivity index (χ0v) is 22.4. The highest BCUT2D eigenvalue weighted by Crippen LogP contribution is 2.14. The zero-order chi connectivity index (χ0) is 30.2. The maximum Gasteiger partial charge on any atom is 0.332 e. The Bertz CT molecular complexity index is 1430. The molecule has 3 rings (SSSR count). The average Bonchev–Trinajstić information content (AvgIpc) is 2.99. The van der Waals surface area contributed by atoms with E-state index in [0.29, 0.717) is 29.4 Å². The Morgan fingerprint density at radius 1 is 0.927 bits per heavy atom. The van der Waals surface area contributed by atoms with Crippen LogP contribution in [0.5, 0.6) is 5.75 Å². The van der Waals surface area contributed by atoms with Gasteiger partial charge in [0, 0.05) is 31.0 Å². The topological polar surface area (TPSA) is 168 Å². The molecule has 0 saturated carbocycles. The monoisotopic (exact) mass is 555 g/mol. The molecule has 0 aromatic heterocycles. The van der Waals surface area contributed by atoms with Crippen molar-refractivity contribution in [3.8, 4) is 11.8 Å². The number of aldehydes is 1. The van der Waals surface area contributed by atoms with Crippen LogP contribution in [0.25, 0.3) is 6.08 Å². The van der Waals surface area contributed by atoms with Crippen molar-refractivity contribution in [2.45, 2.75) is 25.7 Å². The van der Waals surface area contributed by atoms with Gasteiger partial charge in [-0.3, -0.25) is 14.4 Å². The van der Waals surface area contributed by atoms with Crippen molar-refractivity contribution in [2.24, 2.45) is 5.73 Å². The number of amides is 2. The van der Waals surface area contributed by atoms with Crippen LogP contribution in [0.15, 0.2) is 84.4 Å². The van der Waals surface area contributed by atoms with Crippen LogP contribution in [0, 0.1) is 11.3 Å².